The van der Waals surface area contributed by atoms with Crippen LogP contribution in [0.3, 0.4) is 0 Å². The van der Waals surface area contributed by atoms with Crippen molar-refractivity contribution in [1.29, 1.82) is 0 Å². The summed E-state index contributed by atoms with van der Waals surface area (Å²) < 4.78 is 5.16. The van der Waals surface area contributed by atoms with E-state index in [2.05, 4.69) is 5.32 Å². The van der Waals surface area contributed by atoms with Gasteiger partial charge in [-0.1, -0.05) is 60.2 Å². The number of hydrogen-bond donors (Lipinski definition) is 2. The molecule has 0 aromatic heterocycles. The summed E-state index contributed by atoms with van der Waals surface area (Å²) in [4.78, 5) is 11.7. The van der Waals surface area contributed by atoms with Gasteiger partial charge in [-0.25, -0.2) is 4.79 Å². The normalized spacial score (nSPS) is 11.7. The molecule has 0 aliphatic rings. The second kappa shape index (κ2) is 8.96. The zero-order valence-corrected chi connectivity index (χ0v) is 13.4. The van der Waals surface area contributed by atoms with Crippen molar-refractivity contribution in [3.05, 3.63) is 71.3 Å². The fourth-order valence-corrected chi connectivity index (χ4v) is 2.26. The average Bonchev–Trinajstić information content (AvgIpc) is 2.59. The van der Waals surface area contributed by atoms with E-state index < -0.39 is 6.09 Å². The van der Waals surface area contributed by atoms with Crippen molar-refractivity contribution in [1.82, 2.24) is 5.32 Å². The Hall–Kier alpha value is -2.33. The number of ether oxygens (including phenoxy) is 1. The molecule has 4 heteroatoms. The Morgan fingerprint density at radius 1 is 1.09 bits per heavy atom. The molecule has 2 rings (SSSR count). The summed E-state index contributed by atoms with van der Waals surface area (Å²) >= 11 is 0. The quantitative estimate of drug-likeness (QED) is 0.826. The van der Waals surface area contributed by atoms with Crippen LogP contribution in [0.4, 0.5) is 4.79 Å². The third-order valence-corrected chi connectivity index (χ3v) is 3.65. The average molecular weight is 313 g/mol. The molecule has 0 radical (unpaired) electrons. The maximum atomic E-state index is 11.7. The summed E-state index contributed by atoms with van der Waals surface area (Å²) in [7, 11) is 0. The SMILES string of the molecule is Cc1ccc(CC(CO)CNC(=O)OCc2ccccc2)cc1. The highest BCUT2D eigenvalue weighted by Crippen LogP contribution is 2.10. The fraction of sp³-hybridized carbons (Fsp3) is 0.316. The van der Waals surface area contributed by atoms with Gasteiger partial charge in [0, 0.05) is 19.1 Å². The summed E-state index contributed by atoms with van der Waals surface area (Å²) in [6.45, 7) is 2.69. The summed E-state index contributed by atoms with van der Waals surface area (Å²) in [6, 6.07) is 17.7. The molecule has 4 nitrogen and oxygen atoms in total. The lowest BCUT2D eigenvalue weighted by atomic mass is 9.99. The van der Waals surface area contributed by atoms with Crippen LogP contribution in [0.15, 0.2) is 54.6 Å². The number of nitrogens with one attached hydrogen (secondary N) is 1. The van der Waals surface area contributed by atoms with Gasteiger partial charge >= 0.3 is 6.09 Å². The van der Waals surface area contributed by atoms with Gasteiger partial charge in [-0.2, -0.15) is 0 Å². The van der Waals surface area contributed by atoms with E-state index in [4.69, 9.17) is 4.74 Å². The molecule has 1 amide bonds. The topological polar surface area (TPSA) is 58.6 Å². The van der Waals surface area contributed by atoms with Crippen molar-refractivity contribution < 1.29 is 14.6 Å². The zero-order chi connectivity index (χ0) is 16.5. The van der Waals surface area contributed by atoms with E-state index in [9.17, 15) is 9.90 Å². The Balaban J connectivity index is 1.74. The van der Waals surface area contributed by atoms with Crippen LogP contribution in [-0.2, 0) is 17.8 Å². The Labute approximate surface area is 137 Å². The number of benzene rings is 2. The lowest BCUT2D eigenvalue weighted by Crippen LogP contribution is -2.32. The van der Waals surface area contributed by atoms with Gasteiger partial charge in [0.05, 0.1) is 0 Å². The van der Waals surface area contributed by atoms with Crippen molar-refractivity contribution in [3.63, 3.8) is 0 Å². The predicted molar refractivity (Wildman–Crippen MR) is 90.1 cm³/mol. The number of alkyl carbamates (subject to hydrolysis) is 1. The van der Waals surface area contributed by atoms with Crippen LogP contribution >= 0.6 is 0 Å². The molecule has 122 valence electrons. The van der Waals surface area contributed by atoms with Crippen LogP contribution in [-0.4, -0.2) is 24.4 Å². The molecule has 0 spiro atoms. The maximum Gasteiger partial charge on any atom is 0.407 e. The molecular weight excluding hydrogens is 290 g/mol. The van der Waals surface area contributed by atoms with Gasteiger partial charge < -0.3 is 15.2 Å². The minimum Gasteiger partial charge on any atom is -0.445 e. The van der Waals surface area contributed by atoms with Gasteiger partial charge in [-0.05, 0) is 24.5 Å². The molecule has 1 atom stereocenters. The first-order valence-corrected chi connectivity index (χ1v) is 7.78. The van der Waals surface area contributed by atoms with E-state index in [1.165, 1.54) is 5.56 Å². The summed E-state index contributed by atoms with van der Waals surface area (Å²) in [5, 5.41) is 12.2. The zero-order valence-electron chi connectivity index (χ0n) is 13.4. The number of carbonyl (C=O) groups excluding carboxylic acids is 1. The van der Waals surface area contributed by atoms with E-state index >= 15 is 0 Å². The minimum atomic E-state index is -0.462. The Morgan fingerprint density at radius 2 is 1.78 bits per heavy atom. The minimum absolute atomic E-state index is 0.0207. The van der Waals surface area contributed by atoms with Crippen molar-refractivity contribution in [2.75, 3.05) is 13.2 Å². The highest BCUT2D eigenvalue weighted by Gasteiger charge is 2.11. The van der Waals surface area contributed by atoms with E-state index in [-0.39, 0.29) is 19.1 Å². The first kappa shape index (κ1) is 17.0. The monoisotopic (exact) mass is 313 g/mol. The Bertz CT molecular complexity index is 596. The second-order valence-electron chi connectivity index (χ2n) is 5.68. The van der Waals surface area contributed by atoms with E-state index in [1.807, 2.05) is 61.5 Å². The smallest absolute Gasteiger partial charge is 0.407 e. The van der Waals surface area contributed by atoms with Crippen molar-refractivity contribution in [2.24, 2.45) is 5.92 Å². The predicted octanol–water partition coefficient (Wildman–Crippen LogP) is 3.07. The number of aliphatic hydroxyl groups is 1. The van der Waals surface area contributed by atoms with Crippen molar-refractivity contribution in [3.8, 4) is 0 Å². The largest absolute Gasteiger partial charge is 0.445 e. The lowest BCUT2D eigenvalue weighted by molar-refractivity contribution is 0.135. The third kappa shape index (κ3) is 6.12. The van der Waals surface area contributed by atoms with Gasteiger partial charge in [0.25, 0.3) is 0 Å². The highest BCUT2D eigenvalue weighted by atomic mass is 16.5. The molecule has 0 aliphatic heterocycles. The Kier molecular flexibility index (Phi) is 6.63. The number of aliphatic hydroxyl groups excluding tert-OH is 1. The van der Waals surface area contributed by atoms with E-state index in [0.717, 1.165) is 17.5 Å². The van der Waals surface area contributed by atoms with Crippen LogP contribution in [0.25, 0.3) is 0 Å². The molecule has 23 heavy (non-hydrogen) atoms. The van der Waals surface area contributed by atoms with E-state index in [1.54, 1.807) is 0 Å². The first-order valence-electron chi connectivity index (χ1n) is 7.78. The first-order chi connectivity index (χ1) is 11.2. The number of carbonyl (C=O) groups is 1. The van der Waals surface area contributed by atoms with E-state index in [0.29, 0.717) is 6.54 Å². The maximum absolute atomic E-state index is 11.7. The van der Waals surface area contributed by atoms with Crippen molar-refractivity contribution >= 4 is 6.09 Å². The molecule has 0 bridgehead atoms. The molecule has 0 fully saturated rings. The van der Waals surface area contributed by atoms with Crippen LogP contribution in [0, 0.1) is 12.8 Å². The van der Waals surface area contributed by atoms with Crippen LogP contribution in [0.5, 0.6) is 0 Å². The molecule has 2 aromatic carbocycles. The number of aryl methyl sites for hydroxylation is 1. The molecule has 0 saturated heterocycles. The van der Waals surface area contributed by atoms with Crippen LogP contribution in [0.2, 0.25) is 0 Å². The second-order valence-corrected chi connectivity index (χ2v) is 5.68. The van der Waals surface area contributed by atoms with Crippen molar-refractivity contribution in [2.45, 2.75) is 20.0 Å². The molecule has 1 unspecified atom stereocenters. The van der Waals surface area contributed by atoms with Crippen LogP contribution < -0.4 is 5.32 Å². The van der Waals surface area contributed by atoms with Gasteiger partial charge in [0.15, 0.2) is 0 Å². The van der Waals surface area contributed by atoms with Crippen LogP contribution in [0.1, 0.15) is 16.7 Å². The molecule has 0 aliphatic carbocycles. The molecule has 2 aromatic rings. The summed E-state index contributed by atoms with van der Waals surface area (Å²) in [5.74, 6) is -0.0259. The Morgan fingerprint density at radius 3 is 2.43 bits per heavy atom. The number of rotatable bonds is 7. The lowest BCUT2D eigenvalue weighted by Gasteiger charge is -2.15. The summed E-state index contributed by atoms with van der Waals surface area (Å²) in [5.41, 5.74) is 3.30. The van der Waals surface area contributed by atoms with Gasteiger partial charge in [0.1, 0.15) is 6.61 Å². The molecular formula is C19H23NO3. The third-order valence-electron chi connectivity index (χ3n) is 3.65. The van der Waals surface area contributed by atoms with Gasteiger partial charge in [-0.3, -0.25) is 0 Å². The number of amides is 1. The number of hydrogen-bond acceptors (Lipinski definition) is 3. The van der Waals surface area contributed by atoms with Gasteiger partial charge in [0.2, 0.25) is 0 Å². The highest BCUT2D eigenvalue weighted by molar-refractivity contribution is 5.67. The fourth-order valence-electron chi connectivity index (χ4n) is 2.26. The summed E-state index contributed by atoms with van der Waals surface area (Å²) in [6.07, 6.45) is 0.256. The standard InChI is InChI=1S/C19H23NO3/c1-15-7-9-16(10-8-15)11-18(13-21)12-20-19(22)23-14-17-5-3-2-4-6-17/h2-10,18,21H,11-14H2,1H3,(H,20,22). The van der Waals surface area contributed by atoms with Gasteiger partial charge in [-0.15, -0.1) is 0 Å². The molecule has 0 heterocycles. The molecule has 2 N–H and O–H groups in total. The molecule has 0 saturated carbocycles.